The Labute approximate surface area is 117 Å². The van der Waals surface area contributed by atoms with Crippen molar-refractivity contribution in [1.82, 2.24) is 0 Å². The highest BCUT2D eigenvalue weighted by molar-refractivity contribution is 6.01. The van der Waals surface area contributed by atoms with Crippen LogP contribution in [-0.2, 0) is 10.8 Å². The average molecular weight is 258 g/mol. The highest BCUT2D eigenvalue weighted by atomic mass is 14.9. The van der Waals surface area contributed by atoms with Gasteiger partial charge in [0.1, 0.15) is 0 Å². The zero-order valence-electron chi connectivity index (χ0n) is 13.3. The van der Waals surface area contributed by atoms with Crippen LogP contribution < -0.4 is 0 Å². The molecule has 2 heteroatoms. The lowest BCUT2D eigenvalue weighted by molar-refractivity contribution is 0.568. The maximum Gasteiger partial charge on any atom is 0.153 e. The van der Waals surface area contributed by atoms with Gasteiger partial charge in [-0.1, -0.05) is 47.6 Å². The van der Waals surface area contributed by atoms with Crippen molar-refractivity contribution < 1.29 is 0 Å². The molecule has 0 fully saturated rings. The van der Waals surface area contributed by atoms with Gasteiger partial charge in [-0.05, 0) is 40.8 Å². The number of aliphatic imine (C=N–C) groups is 2. The number of rotatable bonds is 1. The van der Waals surface area contributed by atoms with Crippen LogP contribution in [0.25, 0.3) is 0 Å². The summed E-state index contributed by atoms with van der Waals surface area (Å²) >= 11 is 0. The fraction of sp³-hybridized carbons (Fsp3) is 0.529. The van der Waals surface area contributed by atoms with Gasteiger partial charge in [-0.3, -0.25) is 4.99 Å². The molecule has 0 N–H and O–H groups in total. The van der Waals surface area contributed by atoms with Crippen LogP contribution in [0.3, 0.4) is 0 Å². The second kappa shape index (κ2) is 5.28. The van der Waals surface area contributed by atoms with Crippen molar-refractivity contribution in [2.75, 3.05) is 7.05 Å². The molecule has 0 heterocycles. The van der Waals surface area contributed by atoms with E-state index in [1.165, 1.54) is 11.1 Å². The van der Waals surface area contributed by atoms with Crippen LogP contribution in [0.5, 0.6) is 0 Å². The standard InChI is InChI=1S/C17H26N2/c1-16(2,3)13-9-12(15(18-7)19-8)10-14(11-13)17(4,5)6/h9-11H,7H2,1-6,8H3/b19-15-. The lowest BCUT2D eigenvalue weighted by atomic mass is 9.79. The molecular formula is C17H26N2. The molecule has 0 saturated carbocycles. The van der Waals surface area contributed by atoms with Gasteiger partial charge in [0.05, 0.1) is 0 Å². The second-order valence-corrected chi connectivity index (χ2v) is 7.00. The molecular weight excluding hydrogens is 232 g/mol. The third-order valence-electron chi connectivity index (χ3n) is 3.28. The first-order valence-corrected chi connectivity index (χ1v) is 6.69. The molecule has 1 rings (SSSR count). The van der Waals surface area contributed by atoms with Gasteiger partial charge in [-0.2, -0.15) is 0 Å². The molecule has 0 aliphatic rings. The average Bonchev–Trinajstić information content (AvgIpc) is 2.28. The molecule has 0 aliphatic heterocycles. The Balaban J connectivity index is 3.54. The minimum atomic E-state index is 0.107. The lowest BCUT2D eigenvalue weighted by Crippen LogP contribution is -2.18. The Morgan fingerprint density at radius 2 is 1.32 bits per heavy atom. The number of nitrogens with zero attached hydrogens (tertiary/aromatic N) is 2. The highest BCUT2D eigenvalue weighted by Crippen LogP contribution is 2.30. The van der Waals surface area contributed by atoms with Crippen molar-refractivity contribution in [2.45, 2.75) is 52.4 Å². The first kappa shape index (κ1) is 15.6. The predicted molar refractivity (Wildman–Crippen MR) is 85.9 cm³/mol. The molecule has 0 atom stereocenters. The molecule has 0 saturated heterocycles. The number of benzene rings is 1. The van der Waals surface area contributed by atoms with Crippen LogP contribution in [0.2, 0.25) is 0 Å². The van der Waals surface area contributed by atoms with Crippen molar-refractivity contribution >= 4 is 12.6 Å². The Hall–Kier alpha value is -1.44. The van der Waals surface area contributed by atoms with E-state index in [1.807, 2.05) is 0 Å². The van der Waals surface area contributed by atoms with Gasteiger partial charge in [0.15, 0.2) is 5.84 Å². The van der Waals surface area contributed by atoms with Crippen LogP contribution in [0, 0.1) is 0 Å². The maximum atomic E-state index is 4.21. The van der Waals surface area contributed by atoms with E-state index in [4.69, 9.17) is 0 Å². The van der Waals surface area contributed by atoms with E-state index in [0.717, 1.165) is 5.56 Å². The van der Waals surface area contributed by atoms with Gasteiger partial charge in [0.2, 0.25) is 0 Å². The fourth-order valence-corrected chi connectivity index (χ4v) is 1.91. The molecule has 19 heavy (non-hydrogen) atoms. The number of hydrogen-bond acceptors (Lipinski definition) is 1. The zero-order valence-corrected chi connectivity index (χ0v) is 13.3. The molecule has 0 aromatic heterocycles. The number of hydrogen-bond donors (Lipinski definition) is 0. The van der Waals surface area contributed by atoms with Crippen LogP contribution in [-0.4, -0.2) is 19.6 Å². The van der Waals surface area contributed by atoms with Crippen LogP contribution in [0.15, 0.2) is 28.2 Å². The Bertz CT molecular complexity index is 465. The SMILES string of the molecule is C=N/C(=N\C)c1cc(C(C)(C)C)cc(C(C)(C)C)c1. The molecule has 0 radical (unpaired) electrons. The topological polar surface area (TPSA) is 24.7 Å². The molecule has 0 amide bonds. The minimum absolute atomic E-state index is 0.107. The van der Waals surface area contributed by atoms with E-state index in [1.54, 1.807) is 7.05 Å². The largest absolute Gasteiger partial charge is 0.270 e. The molecule has 0 aliphatic carbocycles. The third kappa shape index (κ3) is 3.76. The summed E-state index contributed by atoms with van der Waals surface area (Å²) in [5.74, 6) is 0.705. The van der Waals surface area contributed by atoms with Crippen molar-refractivity contribution in [3.8, 4) is 0 Å². The fourth-order valence-electron chi connectivity index (χ4n) is 1.91. The minimum Gasteiger partial charge on any atom is -0.270 e. The van der Waals surface area contributed by atoms with Gasteiger partial charge in [0.25, 0.3) is 0 Å². The molecule has 0 unspecified atom stereocenters. The highest BCUT2D eigenvalue weighted by Gasteiger charge is 2.21. The van der Waals surface area contributed by atoms with Crippen molar-refractivity contribution in [1.29, 1.82) is 0 Å². The van der Waals surface area contributed by atoms with Crippen LogP contribution in [0.4, 0.5) is 0 Å². The van der Waals surface area contributed by atoms with E-state index in [0.29, 0.717) is 5.84 Å². The monoisotopic (exact) mass is 258 g/mol. The second-order valence-electron chi connectivity index (χ2n) is 7.00. The van der Waals surface area contributed by atoms with Crippen molar-refractivity contribution in [3.05, 3.63) is 34.9 Å². The number of amidine groups is 1. The van der Waals surface area contributed by atoms with Crippen molar-refractivity contribution in [2.24, 2.45) is 9.98 Å². The molecule has 0 bridgehead atoms. The zero-order chi connectivity index (χ0) is 14.8. The summed E-state index contributed by atoms with van der Waals surface area (Å²) in [7, 11) is 1.75. The molecule has 0 spiro atoms. The van der Waals surface area contributed by atoms with Gasteiger partial charge in [-0.25, -0.2) is 4.99 Å². The summed E-state index contributed by atoms with van der Waals surface area (Å²) in [4.78, 5) is 8.23. The summed E-state index contributed by atoms with van der Waals surface area (Å²) in [5, 5.41) is 0. The van der Waals surface area contributed by atoms with Gasteiger partial charge in [-0.15, -0.1) is 0 Å². The quantitative estimate of drug-likeness (QED) is 0.528. The van der Waals surface area contributed by atoms with Gasteiger partial charge >= 0.3 is 0 Å². The Morgan fingerprint density at radius 3 is 1.58 bits per heavy atom. The smallest absolute Gasteiger partial charge is 0.153 e. The Morgan fingerprint density at radius 1 is 0.895 bits per heavy atom. The predicted octanol–water partition coefficient (Wildman–Crippen LogP) is 4.36. The van der Waals surface area contributed by atoms with Gasteiger partial charge < -0.3 is 0 Å². The molecule has 2 nitrogen and oxygen atoms in total. The van der Waals surface area contributed by atoms with Crippen LogP contribution in [0.1, 0.15) is 58.2 Å². The van der Waals surface area contributed by atoms with E-state index in [-0.39, 0.29) is 10.8 Å². The summed E-state index contributed by atoms with van der Waals surface area (Å²) in [6.07, 6.45) is 0. The van der Waals surface area contributed by atoms with E-state index in [2.05, 4.69) is 76.4 Å². The molecule has 104 valence electrons. The van der Waals surface area contributed by atoms with Gasteiger partial charge in [0, 0.05) is 12.6 Å². The van der Waals surface area contributed by atoms with E-state index < -0.39 is 0 Å². The first-order valence-electron chi connectivity index (χ1n) is 6.69. The van der Waals surface area contributed by atoms with Crippen molar-refractivity contribution in [3.63, 3.8) is 0 Å². The van der Waals surface area contributed by atoms with E-state index in [9.17, 15) is 0 Å². The normalized spacial score (nSPS) is 13.5. The summed E-state index contributed by atoms with van der Waals surface area (Å²) < 4.78 is 0. The van der Waals surface area contributed by atoms with Crippen LogP contribution >= 0.6 is 0 Å². The van der Waals surface area contributed by atoms with E-state index >= 15 is 0 Å². The summed E-state index contributed by atoms with van der Waals surface area (Å²) in [6, 6.07) is 6.64. The summed E-state index contributed by atoms with van der Waals surface area (Å²) in [6.45, 7) is 17.0. The lowest BCUT2D eigenvalue weighted by Gasteiger charge is -2.26. The summed E-state index contributed by atoms with van der Waals surface area (Å²) in [5.41, 5.74) is 3.88. The molecule has 1 aromatic rings. The molecule has 1 aromatic carbocycles. The third-order valence-corrected chi connectivity index (χ3v) is 3.28. The Kier molecular flexibility index (Phi) is 4.34. The first-order chi connectivity index (χ1) is 8.59. The maximum absolute atomic E-state index is 4.21.